The standard InChI is InChI=1S/C11H20N4O2/c1-4-12-11(16)7-15-6-5-10(14-15)13-9(2)8-17-3/h5-6,9H,4,7-8H2,1-3H3,(H,12,16)(H,13,14). The lowest BCUT2D eigenvalue weighted by atomic mass is 10.3. The van der Waals surface area contributed by atoms with Crippen LogP contribution >= 0.6 is 0 Å². The van der Waals surface area contributed by atoms with Crippen LogP contribution in [0, 0.1) is 0 Å². The van der Waals surface area contributed by atoms with Gasteiger partial charge < -0.3 is 15.4 Å². The first-order valence-electron chi connectivity index (χ1n) is 5.71. The number of rotatable bonds is 7. The van der Waals surface area contributed by atoms with E-state index in [1.54, 1.807) is 18.0 Å². The van der Waals surface area contributed by atoms with Crippen molar-refractivity contribution in [2.24, 2.45) is 0 Å². The number of nitrogens with zero attached hydrogens (tertiary/aromatic N) is 2. The molecular formula is C11H20N4O2. The number of hydrogen-bond donors (Lipinski definition) is 2. The molecule has 6 heteroatoms. The predicted octanol–water partition coefficient (Wildman–Crippen LogP) is 0.466. The Kier molecular flexibility index (Phi) is 5.48. The zero-order valence-corrected chi connectivity index (χ0v) is 10.6. The second-order valence-corrected chi connectivity index (χ2v) is 3.85. The van der Waals surface area contributed by atoms with Gasteiger partial charge in [-0.1, -0.05) is 0 Å². The number of hydrogen-bond acceptors (Lipinski definition) is 4. The van der Waals surface area contributed by atoms with Crippen molar-refractivity contribution in [2.75, 3.05) is 25.6 Å². The summed E-state index contributed by atoms with van der Waals surface area (Å²) in [5, 5.41) is 10.1. The van der Waals surface area contributed by atoms with E-state index in [4.69, 9.17) is 4.74 Å². The van der Waals surface area contributed by atoms with Gasteiger partial charge in [0.25, 0.3) is 0 Å². The highest BCUT2D eigenvalue weighted by molar-refractivity contribution is 5.75. The number of carbonyl (C=O) groups is 1. The third kappa shape index (κ3) is 4.86. The van der Waals surface area contributed by atoms with E-state index in [9.17, 15) is 4.79 Å². The fourth-order valence-corrected chi connectivity index (χ4v) is 1.47. The molecule has 1 rings (SSSR count). The van der Waals surface area contributed by atoms with Crippen LogP contribution in [0.5, 0.6) is 0 Å². The van der Waals surface area contributed by atoms with Crippen LogP contribution in [-0.2, 0) is 16.1 Å². The molecule has 1 unspecified atom stereocenters. The molecule has 0 aliphatic heterocycles. The average Bonchev–Trinajstić information content (AvgIpc) is 2.66. The van der Waals surface area contributed by atoms with Gasteiger partial charge in [0.15, 0.2) is 0 Å². The summed E-state index contributed by atoms with van der Waals surface area (Å²) in [4.78, 5) is 11.3. The van der Waals surface area contributed by atoms with E-state index in [1.165, 1.54) is 0 Å². The molecule has 0 aliphatic carbocycles. The first-order chi connectivity index (χ1) is 8.15. The quantitative estimate of drug-likeness (QED) is 0.727. The topological polar surface area (TPSA) is 68.2 Å². The second-order valence-electron chi connectivity index (χ2n) is 3.85. The molecule has 2 N–H and O–H groups in total. The van der Waals surface area contributed by atoms with Crippen molar-refractivity contribution in [1.82, 2.24) is 15.1 Å². The summed E-state index contributed by atoms with van der Waals surface area (Å²) < 4.78 is 6.62. The Morgan fingerprint density at radius 2 is 2.41 bits per heavy atom. The van der Waals surface area contributed by atoms with Crippen molar-refractivity contribution in [3.05, 3.63) is 12.3 Å². The van der Waals surface area contributed by atoms with Crippen LogP contribution in [0.25, 0.3) is 0 Å². The molecule has 0 aromatic carbocycles. The first kappa shape index (κ1) is 13.5. The number of nitrogens with one attached hydrogen (secondary N) is 2. The molecule has 6 nitrogen and oxygen atoms in total. The fourth-order valence-electron chi connectivity index (χ4n) is 1.47. The number of aromatic nitrogens is 2. The van der Waals surface area contributed by atoms with Crippen LogP contribution < -0.4 is 10.6 Å². The molecule has 1 aromatic heterocycles. The summed E-state index contributed by atoms with van der Waals surface area (Å²) in [7, 11) is 1.66. The molecule has 0 spiro atoms. The Morgan fingerprint density at radius 3 is 3.06 bits per heavy atom. The maximum atomic E-state index is 11.3. The molecule has 96 valence electrons. The third-order valence-corrected chi connectivity index (χ3v) is 2.13. The zero-order chi connectivity index (χ0) is 12.7. The van der Waals surface area contributed by atoms with E-state index in [1.807, 2.05) is 19.9 Å². The molecule has 0 fully saturated rings. The fraction of sp³-hybridized carbons (Fsp3) is 0.636. The molecular weight excluding hydrogens is 220 g/mol. The Hall–Kier alpha value is -1.56. The summed E-state index contributed by atoms with van der Waals surface area (Å²) in [5.41, 5.74) is 0. The van der Waals surface area contributed by atoms with Crippen LogP contribution in [0.3, 0.4) is 0 Å². The minimum absolute atomic E-state index is 0.0351. The van der Waals surface area contributed by atoms with Crippen molar-refractivity contribution >= 4 is 11.7 Å². The summed E-state index contributed by atoms with van der Waals surface area (Å²) in [6, 6.07) is 2.03. The summed E-state index contributed by atoms with van der Waals surface area (Å²) in [5.74, 6) is 0.714. The maximum Gasteiger partial charge on any atom is 0.241 e. The molecule has 1 aromatic rings. The molecule has 17 heavy (non-hydrogen) atoms. The van der Waals surface area contributed by atoms with Crippen molar-refractivity contribution in [3.8, 4) is 0 Å². The van der Waals surface area contributed by atoms with E-state index in [2.05, 4.69) is 15.7 Å². The number of ether oxygens (including phenoxy) is 1. The van der Waals surface area contributed by atoms with Crippen molar-refractivity contribution < 1.29 is 9.53 Å². The highest BCUT2D eigenvalue weighted by Crippen LogP contribution is 2.04. The molecule has 0 aliphatic rings. The van der Waals surface area contributed by atoms with Crippen molar-refractivity contribution in [3.63, 3.8) is 0 Å². The number of likely N-dealkylation sites (N-methyl/N-ethyl adjacent to an activating group) is 1. The molecule has 0 saturated carbocycles. The van der Waals surface area contributed by atoms with E-state index >= 15 is 0 Å². The van der Waals surface area contributed by atoms with Gasteiger partial charge >= 0.3 is 0 Å². The van der Waals surface area contributed by atoms with Gasteiger partial charge in [0.05, 0.1) is 6.61 Å². The Bertz CT molecular complexity index is 351. The lowest BCUT2D eigenvalue weighted by molar-refractivity contribution is -0.121. The molecule has 1 atom stereocenters. The lowest BCUT2D eigenvalue weighted by Crippen LogP contribution is -2.27. The third-order valence-electron chi connectivity index (χ3n) is 2.13. The highest BCUT2D eigenvalue weighted by Gasteiger charge is 2.06. The normalized spacial score (nSPS) is 12.2. The number of carbonyl (C=O) groups excluding carboxylic acids is 1. The van der Waals surface area contributed by atoms with Crippen molar-refractivity contribution in [2.45, 2.75) is 26.4 Å². The highest BCUT2D eigenvalue weighted by atomic mass is 16.5. The zero-order valence-electron chi connectivity index (χ0n) is 10.6. The van der Waals surface area contributed by atoms with Crippen molar-refractivity contribution in [1.29, 1.82) is 0 Å². The monoisotopic (exact) mass is 240 g/mol. The Labute approximate surface area is 101 Å². The van der Waals surface area contributed by atoms with E-state index in [-0.39, 0.29) is 18.5 Å². The van der Waals surface area contributed by atoms with E-state index in [0.717, 1.165) is 5.82 Å². The van der Waals surface area contributed by atoms with E-state index < -0.39 is 0 Å². The average molecular weight is 240 g/mol. The summed E-state index contributed by atoms with van der Waals surface area (Å²) >= 11 is 0. The van der Waals surface area contributed by atoms with Gasteiger partial charge in [-0.15, -0.1) is 0 Å². The second kappa shape index (κ2) is 6.90. The van der Waals surface area contributed by atoms with Crippen LogP contribution in [-0.4, -0.2) is 42.0 Å². The summed E-state index contributed by atoms with van der Waals surface area (Å²) in [6.07, 6.45) is 1.77. The van der Waals surface area contributed by atoms with Gasteiger partial charge in [0.1, 0.15) is 12.4 Å². The van der Waals surface area contributed by atoms with Gasteiger partial charge in [-0.25, -0.2) is 0 Å². The van der Waals surface area contributed by atoms with E-state index in [0.29, 0.717) is 13.2 Å². The number of methoxy groups -OCH3 is 1. The summed E-state index contributed by atoms with van der Waals surface area (Å²) in [6.45, 7) is 5.39. The van der Waals surface area contributed by atoms with Gasteiger partial charge in [0.2, 0.25) is 5.91 Å². The molecule has 1 heterocycles. The maximum absolute atomic E-state index is 11.3. The Balaban J connectivity index is 2.45. The van der Waals surface area contributed by atoms with Crippen LogP contribution in [0.4, 0.5) is 5.82 Å². The van der Waals surface area contributed by atoms with Gasteiger partial charge in [-0.2, -0.15) is 5.10 Å². The van der Waals surface area contributed by atoms with Gasteiger partial charge in [0, 0.05) is 32.0 Å². The molecule has 1 amide bonds. The predicted molar refractivity (Wildman–Crippen MR) is 65.9 cm³/mol. The molecule has 0 bridgehead atoms. The first-order valence-corrected chi connectivity index (χ1v) is 5.71. The van der Waals surface area contributed by atoms with Crippen LogP contribution in [0.1, 0.15) is 13.8 Å². The Morgan fingerprint density at radius 1 is 1.65 bits per heavy atom. The largest absolute Gasteiger partial charge is 0.383 e. The van der Waals surface area contributed by atoms with Gasteiger partial charge in [-0.3, -0.25) is 9.48 Å². The molecule has 0 saturated heterocycles. The lowest BCUT2D eigenvalue weighted by Gasteiger charge is -2.11. The number of amides is 1. The van der Waals surface area contributed by atoms with Gasteiger partial charge in [-0.05, 0) is 13.8 Å². The minimum Gasteiger partial charge on any atom is -0.383 e. The minimum atomic E-state index is -0.0351. The van der Waals surface area contributed by atoms with Crippen LogP contribution in [0.15, 0.2) is 12.3 Å². The SMILES string of the molecule is CCNC(=O)Cn1ccc(NC(C)COC)n1. The number of anilines is 1. The smallest absolute Gasteiger partial charge is 0.241 e. The van der Waals surface area contributed by atoms with Crippen LogP contribution in [0.2, 0.25) is 0 Å². The molecule has 0 radical (unpaired) electrons.